The minimum atomic E-state index is -1.09. The average molecular weight is 240 g/mol. The van der Waals surface area contributed by atoms with Crippen molar-refractivity contribution in [3.63, 3.8) is 0 Å². The first-order chi connectivity index (χ1) is 7.80. The highest BCUT2D eigenvalue weighted by Gasteiger charge is 2.68. The predicted molar refractivity (Wildman–Crippen MR) is 64.6 cm³/mol. The average Bonchev–Trinajstić information content (AvgIpc) is 2.44. The Kier molecular flexibility index (Phi) is 2.28. The van der Waals surface area contributed by atoms with Crippen LogP contribution in [-0.4, -0.2) is 33.1 Å². The van der Waals surface area contributed by atoms with E-state index in [4.69, 9.17) is 4.74 Å². The molecule has 0 unspecified atom stereocenters. The number of aliphatic hydroxyl groups excluding tert-OH is 1. The van der Waals surface area contributed by atoms with E-state index in [1.807, 2.05) is 0 Å². The number of ether oxygens (including phenoxy) is 1. The lowest BCUT2D eigenvalue weighted by Crippen LogP contribution is -2.66. The van der Waals surface area contributed by atoms with E-state index in [2.05, 4.69) is 13.8 Å². The van der Waals surface area contributed by atoms with Gasteiger partial charge < -0.3 is 14.9 Å². The van der Waals surface area contributed by atoms with E-state index in [0.29, 0.717) is 18.3 Å². The van der Waals surface area contributed by atoms with Crippen molar-refractivity contribution in [2.24, 2.45) is 11.8 Å². The van der Waals surface area contributed by atoms with Crippen molar-refractivity contribution in [2.45, 2.75) is 75.8 Å². The summed E-state index contributed by atoms with van der Waals surface area (Å²) in [4.78, 5) is 0. The van der Waals surface area contributed by atoms with E-state index >= 15 is 0 Å². The third-order valence-corrected chi connectivity index (χ3v) is 5.80. The van der Waals surface area contributed by atoms with Gasteiger partial charge in [-0.1, -0.05) is 0 Å². The summed E-state index contributed by atoms with van der Waals surface area (Å²) in [6, 6.07) is 0. The lowest BCUT2D eigenvalue weighted by molar-refractivity contribution is -0.263. The Labute approximate surface area is 103 Å². The molecule has 3 heteroatoms. The van der Waals surface area contributed by atoms with Crippen molar-refractivity contribution >= 4 is 0 Å². The maximum atomic E-state index is 10.8. The van der Waals surface area contributed by atoms with Crippen LogP contribution in [0.5, 0.6) is 0 Å². The molecule has 2 N–H and O–H groups in total. The quantitative estimate of drug-likeness (QED) is 0.679. The molecule has 2 aliphatic carbocycles. The van der Waals surface area contributed by atoms with Gasteiger partial charge in [0, 0.05) is 0 Å². The van der Waals surface area contributed by atoms with Gasteiger partial charge in [0.2, 0.25) is 0 Å². The van der Waals surface area contributed by atoms with Gasteiger partial charge in [-0.2, -0.15) is 0 Å². The van der Waals surface area contributed by atoms with Gasteiger partial charge in [0.05, 0.1) is 11.7 Å². The van der Waals surface area contributed by atoms with Gasteiger partial charge in [-0.05, 0) is 64.7 Å². The molecule has 1 heterocycles. The fourth-order valence-electron chi connectivity index (χ4n) is 4.56. The van der Waals surface area contributed by atoms with E-state index in [1.165, 1.54) is 6.42 Å². The summed E-state index contributed by atoms with van der Waals surface area (Å²) in [5, 5.41) is 20.9. The van der Waals surface area contributed by atoms with Gasteiger partial charge in [0.1, 0.15) is 11.2 Å². The molecule has 3 fully saturated rings. The molecular formula is C14H24O3. The lowest BCUT2D eigenvalue weighted by atomic mass is 9.58. The highest BCUT2D eigenvalue weighted by Crippen LogP contribution is 2.61. The van der Waals surface area contributed by atoms with Crippen LogP contribution in [0.3, 0.4) is 0 Å². The second-order valence-electron chi connectivity index (χ2n) is 7.01. The van der Waals surface area contributed by atoms with E-state index < -0.39 is 17.3 Å². The summed E-state index contributed by atoms with van der Waals surface area (Å²) in [5.41, 5.74) is -1.75. The fraction of sp³-hybridized carbons (Fsp3) is 1.00. The van der Waals surface area contributed by atoms with Crippen LogP contribution in [-0.2, 0) is 4.74 Å². The monoisotopic (exact) mass is 240 g/mol. The van der Waals surface area contributed by atoms with Crippen molar-refractivity contribution in [3.8, 4) is 0 Å². The van der Waals surface area contributed by atoms with Gasteiger partial charge in [-0.3, -0.25) is 0 Å². The predicted octanol–water partition coefficient (Wildman–Crippen LogP) is 1.86. The SMILES string of the molecule is CC1(C)O[C@]23C[C@H]1CC[C@@H]2CC[C@H](O)[C@@]3(C)O. The first-order valence-corrected chi connectivity index (χ1v) is 6.90. The van der Waals surface area contributed by atoms with Crippen LogP contribution >= 0.6 is 0 Å². The minimum absolute atomic E-state index is 0.157. The largest absolute Gasteiger partial charge is 0.390 e. The smallest absolute Gasteiger partial charge is 0.117 e. The van der Waals surface area contributed by atoms with E-state index in [1.54, 1.807) is 6.92 Å². The molecule has 0 amide bonds. The zero-order valence-electron chi connectivity index (χ0n) is 11.1. The van der Waals surface area contributed by atoms with Crippen molar-refractivity contribution in [1.82, 2.24) is 0 Å². The van der Waals surface area contributed by atoms with Gasteiger partial charge >= 0.3 is 0 Å². The maximum absolute atomic E-state index is 10.8. The van der Waals surface area contributed by atoms with Crippen LogP contribution in [0, 0.1) is 11.8 Å². The number of aliphatic hydroxyl groups is 2. The van der Waals surface area contributed by atoms with Gasteiger partial charge in [-0.25, -0.2) is 0 Å². The second kappa shape index (κ2) is 3.25. The van der Waals surface area contributed by atoms with Crippen molar-refractivity contribution in [2.75, 3.05) is 0 Å². The standard InChI is InChI=1S/C14H24O3/c1-12(2)10-5-4-9-6-7-11(15)13(3,16)14(9,8-10)17-12/h9-11,15-16H,4-8H2,1-3H3/t9-,10-,11+,13-,14-/m1/s1. The van der Waals surface area contributed by atoms with Crippen LogP contribution in [0.1, 0.15) is 52.9 Å². The van der Waals surface area contributed by atoms with Crippen LogP contribution in [0.25, 0.3) is 0 Å². The minimum Gasteiger partial charge on any atom is -0.390 e. The lowest BCUT2D eigenvalue weighted by Gasteiger charge is -2.54. The Hall–Kier alpha value is -0.120. The molecule has 0 aromatic carbocycles. The molecule has 0 radical (unpaired) electrons. The number of fused-ring (bicyclic) bond motifs is 1. The Balaban J connectivity index is 2.04. The summed E-state index contributed by atoms with van der Waals surface area (Å²) in [6.45, 7) is 6.03. The normalized spacial score (nSPS) is 56.6. The third kappa shape index (κ3) is 1.33. The molecule has 98 valence electrons. The number of hydrogen-bond acceptors (Lipinski definition) is 3. The van der Waals surface area contributed by atoms with Crippen LogP contribution < -0.4 is 0 Å². The number of rotatable bonds is 0. The van der Waals surface area contributed by atoms with E-state index in [0.717, 1.165) is 19.3 Å². The molecule has 1 aliphatic heterocycles. The van der Waals surface area contributed by atoms with Crippen LogP contribution in [0.2, 0.25) is 0 Å². The molecule has 0 aromatic rings. The van der Waals surface area contributed by atoms with Gasteiger partial charge in [0.15, 0.2) is 0 Å². The first-order valence-electron chi connectivity index (χ1n) is 6.90. The van der Waals surface area contributed by atoms with Crippen molar-refractivity contribution in [1.29, 1.82) is 0 Å². The Bertz CT molecular complexity index is 336. The van der Waals surface area contributed by atoms with Gasteiger partial charge in [-0.15, -0.1) is 0 Å². The zero-order valence-corrected chi connectivity index (χ0v) is 11.1. The van der Waals surface area contributed by atoms with E-state index in [9.17, 15) is 10.2 Å². The number of hydrogen-bond donors (Lipinski definition) is 2. The molecule has 3 nitrogen and oxygen atoms in total. The van der Waals surface area contributed by atoms with E-state index in [-0.39, 0.29) is 5.60 Å². The fourth-order valence-corrected chi connectivity index (χ4v) is 4.56. The molecule has 1 spiro atoms. The molecule has 0 aromatic heterocycles. The highest BCUT2D eigenvalue weighted by molar-refractivity contribution is 5.17. The van der Waals surface area contributed by atoms with Crippen LogP contribution in [0.4, 0.5) is 0 Å². The summed E-state index contributed by atoms with van der Waals surface area (Å²) in [5.74, 6) is 0.939. The Morgan fingerprint density at radius 2 is 1.59 bits per heavy atom. The van der Waals surface area contributed by atoms with Crippen LogP contribution in [0.15, 0.2) is 0 Å². The van der Waals surface area contributed by atoms with Gasteiger partial charge in [0.25, 0.3) is 0 Å². The van der Waals surface area contributed by atoms with Crippen molar-refractivity contribution in [3.05, 3.63) is 0 Å². The summed E-state index contributed by atoms with van der Waals surface area (Å²) < 4.78 is 6.34. The molecule has 2 bridgehead atoms. The molecule has 1 saturated heterocycles. The van der Waals surface area contributed by atoms with Crippen molar-refractivity contribution < 1.29 is 14.9 Å². The summed E-state index contributed by atoms with van der Waals surface area (Å²) in [6.07, 6.45) is 4.29. The zero-order chi connectivity index (χ0) is 12.5. The molecule has 17 heavy (non-hydrogen) atoms. The molecule has 5 atom stereocenters. The highest BCUT2D eigenvalue weighted by atomic mass is 16.6. The summed E-state index contributed by atoms with van der Waals surface area (Å²) >= 11 is 0. The molecule has 3 rings (SSSR count). The Morgan fingerprint density at radius 1 is 1.00 bits per heavy atom. The maximum Gasteiger partial charge on any atom is 0.117 e. The second-order valence-corrected chi connectivity index (χ2v) is 7.01. The Morgan fingerprint density at radius 3 is 2.29 bits per heavy atom. The molecular weight excluding hydrogens is 216 g/mol. The summed E-state index contributed by atoms with van der Waals surface area (Å²) in [7, 11) is 0. The first kappa shape index (κ1) is 11.9. The molecule has 3 aliphatic rings. The topological polar surface area (TPSA) is 49.7 Å². The third-order valence-electron chi connectivity index (χ3n) is 5.80. The molecule has 2 saturated carbocycles.